The van der Waals surface area contributed by atoms with Crippen molar-refractivity contribution in [3.05, 3.63) is 15.8 Å². The first-order valence-corrected chi connectivity index (χ1v) is 10.0. The van der Waals surface area contributed by atoms with E-state index in [9.17, 15) is 8.42 Å². The average molecular weight is 333 g/mol. The van der Waals surface area contributed by atoms with E-state index in [0.29, 0.717) is 23.9 Å². The van der Waals surface area contributed by atoms with Crippen LogP contribution in [0.4, 0.5) is 0 Å². The highest BCUT2D eigenvalue weighted by molar-refractivity contribution is 7.89. The molecule has 1 heterocycles. The Morgan fingerprint density at radius 3 is 2.62 bits per heavy atom. The Morgan fingerprint density at radius 2 is 2.05 bits per heavy atom. The Balaban J connectivity index is 2.79. The summed E-state index contributed by atoms with van der Waals surface area (Å²) in [6, 6.07) is 0. The van der Waals surface area contributed by atoms with E-state index in [2.05, 4.69) is 23.9 Å². The highest BCUT2D eigenvalue weighted by Crippen LogP contribution is 2.27. The molecule has 1 atom stereocenters. The highest BCUT2D eigenvalue weighted by Gasteiger charge is 2.23. The van der Waals surface area contributed by atoms with Crippen LogP contribution in [-0.2, 0) is 16.6 Å². The first-order valence-electron chi connectivity index (χ1n) is 7.67. The molecule has 0 fully saturated rings. The Hall–Kier alpha value is -0.430. The molecule has 1 rings (SSSR count). The zero-order valence-corrected chi connectivity index (χ0v) is 15.2. The maximum Gasteiger partial charge on any atom is 0.241 e. The van der Waals surface area contributed by atoms with Gasteiger partial charge in [-0.1, -0.05) is 33.1 Å². The van der Waals surface area contributed by atoms with Crippen LogP contribution < -0.4 is 10.0 Å². The molecule has 0 spiro atoms. The van der Waals surface area contributed by atoms with Crippen molar-refractivity contribution in [3.63, 3.8) is 0 Å². The van der Waals surface area contributed by atoms with Gasteiger partial charge < -0.3 is 5.32 Å². The van der Waals surface area contributed by atoms with Gasteiger partial charge in [0.15, 0.2) is 0 Å². The summed E-state index contributed by atoms with van der Waals surface area (Å²) in [5.74, 6) is 0.423. The number of hydrogen-bond donors (Lipinski definition) is 2. The predicted octanol–water partition coefficient (Wildman–Crippen LogP) is 3.27. The standard InChI is InChI=1S/C15H28N2O2S2/c1-5-7-8-13(6-2)9-17-21(18,19)15-12(3)11-20-14(15)10-16-4/h11,13,16-17H,5-10H2,1-4H3. The van der Waals surface area contributed by atoms with Crippen molar-refractivity contribution in [1.82, 2.24) is 10.0 Å². The summed E-state index contributed by atoms with van der Waals surface area (Å²) in [5.41, 5.74) is 0.833. The fourth-order valence-corrected chi connectivity index (χ4v) is 5.31. The molecule has 2 N–H and O–H groups in total. The van der Waals surface area contributed by atoms with E-state index in [1.165, 1.54) is 11.3 Å². The summed E-state index contributed by atoms with van der Waals surface area (Å²) >= 11 is 1.50. The summed E-state index contributed by atoms with van der Waals surface area (Å²) in [6.07, 6.45) is 4.40. The summed E-state index contributed by atoms with van der Waals surface area (Å²) in [6.45, 7) is 7.26. The summed E-state index contributed by atoms with van der Waals surface area (Å²) in [5, 5.41) is 4.94. The van der Waals surface area contributed by atoms with Gasteiger partial charge in [0.05, 0.1) is 0 Å². The van der Waals surface area contributed by atoms with E-state index in [-0.39, 0.29) is 0 Å². The lowest BCUT2D eigenvalue weighted by molar-refractivity contribution is 0.443. The molecule has 1 aromatic heterocycles. The molecule has 0 aromatic carbocycles. The maximum atomic E-state index is 12.6. The van der Waals surface area contributed by atoms with Gasteiger partial charge in [0.1, 0.15) is 4.90 Å². The largest absolute Gasteiger partial charge is 0.315 e. The monoisotopic (exact) mass is 332 g/mol. The number of nitrogens with one attached hydrogen (secondary N) is 2. The molecular weight excluding hydrogens is 304 g/mol. The molecule has 6 heteroatoms. The molecule has 0 radical (unpaired) electrons. The molecule has 122 valence electrons. The molecule has 1 unspecified atom stereocenters. The lowest BCUT2D eigenvalue weighted by Gasteiger charge is -2.16. The molecule has 4 nitrogen and oxygen atoms in total. The van der Waals surface area contributed by atoms with E-state index < -0.39 is 10.0 Å². The van der Waals surface area contributed by atoms with Crippen LogP contribution in [0.3, 0.4) is 0 Å². The fraction of sp³-hybridized carbons (Fsp3) is 0.733. The number of aryl methyl sites for hydroxylation is 1. The molecule has 0 aliphatic carbocycles. The van der Waals surface area contributed by atoms with Crippen LogP contribution in [0.1, 0.15) is 50.0 Å². The molecule has 0 amide bonds. The van der Waals surface area contributed by atoms with Gasteiger partial charge >= 0.3 is 0 Å². The highest BCUT2D eigenvalue weighted by atomic mass is 32.2. The predicted molar refractivity (Wildman–Crippen MR) is 90.3 cm³/mol. The molecule has 0 aliphatic heterocycles. The van der Waals surface area contributed by atoms with Crippen LogP contribution in [0.5, 0.6) is 0 Å². The van der Waals surface area contributed by atoms with Crippen LogP contribution in [-0.4, -0.2) is 22.0 Å². The summed E-state index contributed by atoms with van der Waals surface area (Å²) in [4.78, 5) is 1.34. The van der Waals surface area contributed by atoms with Crippen LogP contribution >= 0.6 is 11.3 Å². The van der Waals surface area contributed by atoms with Crippen LogP contribution in [0, 0.1) is 12.8 Å². The van der Waals surface area contributed by atoms with E-state index in [1.807, 2.05) is 19.4 Å². The first kappa shape index (κ1) is 18.6. The van der Waals surface area contributed by atoms with Crippen molar-refractivity contribution in [2.45, 2.75) is 57.9 Å². The SMILES string of the molecule is CCCCC(CC)CNS(=O)(=O)c1c(C)csc1CNC. The Morgan fingerprint density at radius 1 is 1.33 bits per heavy atom. The quantitative estimate of drug-likeness (QED) is 0.691. The second-order valence-corrected chi connectivity index (χ2v) is 8.14. The van der Waals surface area contributed by atoms with Gasteiger partial charge in [-0.05, 0) is 37.3 Å². The molecule has 0 aliphatic rings. The van der Waals surface area contributed by atoms with Gasteiger partial charge in [-0.15, -0.1) is 11.3 Å². The van der Waals surface area contributed by atoms with E-state index >= 15 is 0 Å². The van der Waals surface area contributed by atoms with Crippen molar-refractivity contribution in [2.75, 3.05) is 13.6 Å². The lowest BCUT2D eigenvalue weighted by atomic mass is 10.00. The number of sulfonamides is 1. The summed E-state index contributed by atoms with van der Waals surface area (Å²) in [7, 11) is -1.58. The Kier molecular flexibility index (Phi) is 7.87. The van der Waals surface area contributed by atoms with Gasteiger partial charge in [0.25, 0.3) is 0 Å². The van der Waals surface area contributed by atoms with Gasteiger partial charge in [-0.2, -0.15) is 0 Å². The van der Waals surface area contributed by atoms with Crippen LogP contribution in [0.25, 0.3) is 0 Å². The number of hydrogen-bond acceptors (Lipinski definition) is 4. The Labute approximate surface area is 133 Å². The lowest BCUT2D eigenvalue weighted by Crippen LogP contribution is -2.30. The number of thiophene rings is 1. The zero-order chi connectivity index (χ0) is 15.9. The number of unbranched alkanes of at least 4 members (excludes halogenated alkanes) is 1. The van der Waals surface area contributed by atoms with Crippen LogP contribution in [0.15, 0.2) is 10.3 Å². The van der Waals surface area contributed by atoms with Crippen molar-refractivity contribution in [2.24, 2.45) is 5.92 Å². The van der Waals surface area contributed by atoms with Crippen molar-refractivity contribution in [3.8, 4) is 0 Å². The molecule has 0 bridgehead atoms. The number of rotatable bonds is 10. The Bertz CT molecular complexity index is 524. The van der Waals surface area contributed by atoms with Gasteiger partial charge in [0.2, 0.25) is 10.0 Å². The van der Waals surface area contributed by atoms with E-state index in [1.54, 1.807) is 0 Å². The van der Waals surface area contributed by atoms with E-state index in [0.717, 1.165) is 36.1 Å². The van der Waals surface area contributed by atoms with Crippen molar-refractivity contribution < 1.29 is 8.42 Å². The maximum absolute atomic E-state index is 12.6. The second-order valence-electron chi connectivity index (χ2n) is 5.47. The first-order chi connectivity index (χ1) is 9.96. The van der Waals surface area contributed by atoms with Gasteiger partial charge in [-0.3, -0.25) is 0 Å². The third-order valence-corrected chi connectivity index (χ3v) is 6.59. The van der Waals surface area contributed by atoms with Crippen LogP contribution in [0.2, 0.25) is 0 Å². The normalized spacial score (nSPS) is 13.5. The molecule has 1 aromatic rings. The van der Waals surface area contributed by atoms with Gasteiger partial charge in [-0.25, -0.2) is 13.1 Å². The molecule has 0 saturated carbocycles. The van der Waals surface area contributed by atoms with Gasteiger partial charge in [0, 0.05) is 18.0 Å². The third kappa shape index (κ3) is 5.36. The minimum atomic E-state index is -3.41. The smallest absolute Gasteiger partial charge is 0.241 e. The summed E-state index contributed by atoms with van der Waals surface area (Å²) < 4.78 is 28.0. The third-order valence-electron chi connectivity index (χ3n) is 3.70. The zero-order valence-electron chi connectivity index (χ0n) is 13.5. The van der Waals surface area contributed by atoms with Crippen molar-refractivity contribution in [1.29, 1.82) is 0 Å². The minimum absolute atomic E-state index is 0.423. The average Bonchev–Trinajstić information content (AvgIpc) is 2.81. The topological polar surface area (TPSA) is 58.2 Å². The molecule has 0 saturated heterocycles. The van der Waals surface area contributed by atoms with Crippen molar-refractivity contribution >= 4 is 21.4 Å². The van der Waals surface area contributed by atoms with E-state index in [4.69, 9.17) is 0 Å². The molecular formula is C15H28N2O2S2. The fourth-order valence-electron chi connectivity index (χ4n) is 2.37. The second kappa shape index (κ2) is 8.88. The minimum Gasteiger partial charge on any atom is -0.315 e. The molecule has 21 heavy (non-hydrogen) atoms.